The Morgan fingerprint density at radius 3 is 2.60 bits per heavy atom. The van der Waals surface area contributed by atoms with Crippen molar-refractivity contribution in [3.05, 3.63) is 35.4 Å². The zero-order chi connectivity index (χ0) is 18.0. The zero-order valence-corrected chi connectivity index (χ0v) is 15.5. The van der Waals surface area contributed by atoms with E-state index in [1.54, 1.807) is 4.90 Å². The van der Waals surface area contributed by atoms with Gasteiger partial charge in [0.2, 0.25) is 11.8 Å². The number of aryl methyl sites for hydroxylation is 1. The number of nitrogens with zero attached hydrogens (tertiary/aromatic N) is 2. The molecule has 1 aromatic carbocycles. The molecule has 2 saturated heterocycles. The molecule has 2 fully saturated rings. The third-order valence-electron chi connectivity index (χ3n) is 5.57. The molecule has 25 heavy (non-hydrogen) atoms. The number of hydrogen-bond donors (Lipinski definition) is 1. The molecule has 0 bridgehead atoms. The van der Waals surface area contributed by atoms with Crippen LogP contribution < -0.4 is 5.32 Å². The van der Waals surface area contributed by atoms with Gasteiger partial charge < -0.3 is 10.2 Å². The maximum atomic E-state index is 12.9. The number of benzene rings is 1. The van der Waals surface area contributed by atoms with Crippen LogP contribution in [0.2, 0.25) is 0 Å². The number of likely N-dealkylation sites (N-methyl/N-ethyl adjacent to an activating group) is 1. The van der Waals surface area contributed by atoms with Gasteiger partial charge in [-0.3, -0.25) is 14.5 Å². The van der Waals surface area contributed by atoms with Gasteiger partial charge in [0.05, 0.1) is 6.04 Å². The van der Waals surface area contributed by atoms with Crippen molar-refractivity contribution < 1.29 is 9.59 Å². The minimum atomic E-state index is -0.334. The lowest BCUT2D eigenvalue weighted by Crippen LogP contribution is -2.50. The molecular weight excluding hydrogens is 314 g/mol. The monoisotopic (exact) mass is 343 g/mol. The van der Waals surface area contributed by atoms with Crippen molar-refractivity contribution in [1.29, 1.82) is 0 Å². The van der Waals surface area contributed by atoms with Crippen LogP contribution in [0.15, 0.2) is 24.3 Å². The number of likely N-dealkylation sites (tertiary alicyclic amines) is 2. The number of nitrogens with one attached hydrogen (secondary N) is 1. The predicted octanol–water partition coefficient (Wildman–Crippen LogP) is 2.26. The van der Waals surface area contributed by atoms with E-state index in [0.29, 0.717) is 19.4 Å². The molecule has 2 amide bonds. The van der Waals surface area contributed by atoms with Gasteiger partial charge in [-0.2, -0.15) is 0 Å². The lowest BCUT2D eigenvalue weighted by Gasteiger charge is -2.30. The minimum Gasteiger partial charge on any atom is -0.350 e. The maximum Gasteiger partial charge on any atom is 0.243 e. The fourth-order valence-electron chi connectivity index (χ4n) is 4.17. The molecule has 0 spiro atoms. The van der Waals surface area contributed by atoms with Crippen LogP contribution in [0.25, 0.3) is 0 Å². The summed E-state index contributed by atoms with van der Waals surface area (Å²) >= 11 is 0. The van der Waals surface area contributed by atoms with Crippen LogP contribution in [0.3, 0.4) is 0 Å². The Hall–Kier alpha value is -1.88. The molecule has 0 radical (unpaired) electrons. The summed E-state index contributed by atoms with van der Waals surface area (Å²) in [7, 11) is 2.11. The molecule has 2 aliphatic heterocycles. The fourth-order valence-corrected chi connectivity index (χ4v) is 4.17. The Bertz CT molecular complexity index is 628. The molecular formula is C20H29N3O2. The van der Waals surface area contributed by atoms with E-state index in [1.165, 1.54) is 11.1 Å². The summed E-state index contributed by atoms with van der Waals surface area (Å²) < 4.78 is 0. The number of carbonyl (C=O) groups is 2. The molecule has 3 unspecified atom stereocenters. The highest BCUT2D eigenvalue weighted by molar-refractivity contribution is 5.88. The largest absolute Gasteiger partial charge is 0.350 e. The highest BCUT2D eigenvalue weighted by Crippen LogP contribution is 2.31. The van der Waals surface area contributed by atoms with Crippen molar-refractivity contribution in [2.75, 3.05) is 20.1 Å². The molecule has 3 atom stereocenters. The van der Waals surface area contributed by atoms with Crippen molar-refractivity contribution in [2.24, 2.45) is 0 Å². The molecule has 5 nitrogen and oxygen atoms in total. The van der Waals surface area contributed by atoms with Crippen LogP contribution in [0.1, 0.15) is 49.8 Å². The van der Waals surface area contributed by atoms with Crippen LogP contribution in [0.4, 0.5) is 0 Å². The fraction of sp³-hybridized carbons (Fsp3) is 0.600. The summed E-state index contributed by atoms with van der Waals surface area (Å²) in [6, 6.07) is 8.50. The molecule has 5 heteroatoms. The first-order chi connectivity index (χ1) is 12.0. The molecule has 0 aliphatic carbocycles. The Morgan fingerprint density at radius 2 is 2.00 bits per heavy atom. The normalized spacial score (nSPS) is 25.4. The number of amides is 2. The molecule has 2 aliphatic rings. The second-order valence-electron chi connectivity index (χ2n) is 7.35. The lowest BCUT2D eigenvalue weighted by molar-refractivity contribution is -0.138. The second kappa shape index (κ2) is 7.56. The topological polar surface area (TPSA) is 52.7 Å². The first kappa shape index (κ1) is 17.9. The molecule has 3 rings (SSSR count). The molecule has 1 N–H and O–H groups in total. The predicted molar refractivity (Wildman–Crippen MR) is 98.1 cm³/mol. The van der Waals surface area contributed by atoms with E-state index in [-0.39, 0.29) is 29.9 Å². The Kier molecular flexibility index (Phi) is 5.42. The van der Waals surface area contributed by atoms with Crippen LogP contribution in [0, 0.1) is 6.92 Å². The molecule has 2 heterocycles. The Labute approximate surface area is 150 Å². The average Bonchev–Trinajstić information content (AvgIpc) is 3.16. The van der Waals surface area contributed by atoms with Gasteiger partial charge in [-0.25, -0.2) is 0 Å². The summed E-state index contributed by atoms with van der Waals surface area (Å²) in [4.78, 5) is 29.0. The van der Waals surface area contributed by atoms with Crippen LogP contribution in [-0.4, -0.2) is 53.8 Å². The highest BCUT2D eigenvalue weighted by Gasteiger charge is 2.37. The van der Waals surface area contributed by atoms with E-state index in [1.807, 2.05) is 6.92 Å². The van der Waals surface area contributed by atoms with Gasteiger partial charge in [0.15, 0.2) is 0 Å². The standard InChI is InChI=1S/C20H29N3O2/c1-4-17(23-12-5-6-18(23)24)20(25)21-16-11-13-22(3)19(16)15-9-7-14(2)8-10-15/h7-10,16-17,19H,4-6,11-13H2,1-3H3,(H,21,25). The van der Waals surface area contributed by atoms with Crippen molar-refractivity contribution in [2.45, 2.75) is 57.7 Å². The molecule has 136 valence electrons. The summed E-state index contributed by atoms with van der Waals surface area (Å²) in [6.07, 6.45) is 3.03. The van der Waals surface area contributed by atoms with Crippen LogP contribution in [0.5, 0.6) is 0 Å². The van der Waals surface area contributed by atoms with Gasteiger partial charge in [-0.05, 0) is 38.8 Å². The van der Waals surface area contributed by atoms with Crippen LogP contribution >= 0.6 is 0 Å². The van der Waals surface area contributed by atoms with Gasteiger partial charge >= 0.3 is 0 Å². The summed E-state index contributed by atoms with van der Waals surface area (Å²) in [5, 5.41) is 3.25. The summed E-state index contributed by atoms with van der Waals surface area (Å²) in [6.45, 7) is 5.73. The van der Waals surface area contributed by atoms with E-state index in [0.717, 1.165) is 19.4 Å². The molecule has 0 aromatic heterocycles. The maximum absolute atomic E-state index is 12.9. The smallest absolute Gasteiger partial charge is 0.243 e. The number of rotatable bonds is 5. The quantitative estimate of drug-likeness (QED) is 0.892. The third kappa shape index (κ3) is 3.71. The van der Waals surface area contributed by atoms with E-state index < -0.39 is 0 Å². The van der Waals surface area contributed by atoms with E-state index in [4.69, 9.17) is 0 Å². The lowest BCUT2D eigenvalue weighted by atomic mass is 9.98. The van der Waals surface area contributed by atoms with Crippen molar-refractivity contribution in [3.63, 3.8) is 0 Å². The van der Waals surface area contributed by atoms with E-state index >= 15 is 0 Å². The number of hydrogen-bond acceptors (Lipinski definition) is 3. The molecule has 0 saturated carbocycles. The van der Waals surface area contributed by atoms with Gasteiger partial charge in [0, 0.05) is 25.6 Å². The van der Waals surface area contributed by atoms with E-state index in [9.17, 15) is 9.59 Å². The SMILES string of the molecule is CCC(C(=O)NC1CCN(C)C1c1ccc(C)cc1)N1CCCC1=O. The highest BCUT2D eigenvalue weighted by atomic mass is 16.2. The summed E-state index contributed by atoms with van der Waals surface area (Å²) in [5.41, 5.74) is 2.48. The van der Waals surface area contributed by atoms with Crippen molar-refractivity contribution in [1.82, 2.24) is 15.1 Å². The first-order valence-corrected chi connectivity index (χ1v) is 9.38. The van der Waals surface area contributed by atoms with Gasteiger partial charge in [0.25, 0.3) is 0 Å². The molecule has 1 aromatic rings. The second-order valence-corrected chi connectivity index (χ2v) is 7.35. The van der Waals surface area contributed by atoms with Gasteiger partial charge in [-0.1, -0.05) is 36.8 Å². The number of carbonyl (C=O) groups excluding carboxylic acids is 2. The van der Waals surface area contributed by atoms with Gasteiger partial charge in [-0.15, -0.1) is 0 Å². The van der Waals surface area contributed by atoms with E-state index in [2.05, 4.69) is 48.5 Å². The van der Waals surface area contributed by atoms with Gasteiger partial charge in [0.1, 0.15) is 6.04 Å². The zero-order valence-electron chi connectivity index (χ0n) is 15.5. The summed E-state index contributed by atoms with van der Waals surface area (Å²) in [5.74, 6) is 0.107. The Balaban J connectivity index is 1.72. The van der Waals surface area contributed by atoms with Crippen molar-refractivity contribution in [3.8, 4) is 0 Å². The minimum absolute atomic E-state index is 0.00448. The van der Waals surface area contributed by atoms with Crippen LogP contribution in [-0.2, 0) is 9.59 Å². The first-order valence-electron chi connectivity index (χ1n) is 9.38. The average molecular weight is 343 g/mol. The third-order valence-corrected chi connectivity index (χ3v) is 5.57. The Morgan fingerprint density at radius 1 is 1.28 bits per heavy atom. The van der Waals surface area contributed by atoms with Crippen molar-refractivity contribution >= 4 is 11.8 Å².